The molecular weight excluding hydrogens is 406 g/mol. The molecule has 5 aromatic rings. The third-order valence-corrected chi connectivity index (χ3v) is 5.79. The van der Waals surface area contributed by atoms with Gasteiger partial charge in [-0.2, -0.15) is 5.10 Å². The maximum Gasteiger partial charge on any atom is 0.336 e. The van der Waals surface area contributed by atoms with Gasteiger partial charge in [0.05, 0.1) is 27.3 Å². The van der Waals surface area contributed by atoms with Gasteiger partial charge in [0.2, 0.25) is 0 Å². The molecule has 0 fully saturated rings. The topological polar surface area (TPSA) is 68.0 Å². The molecule has 0 radical (unpaired) electrons. The zero-order valence-corrected chi connectivity index (χ0v) is 17.2. The summed E-state index contributed by atoms with van der Waals surface area (Å²) in [6, 6.07) is 22.8. The van der Waals surface area contributed by atoms with E-state index in [4.69, 9.17) is 5.10 Å². The van der Waals surface area contributed by atoms with Crippen molar-refractivity contribution in [2.24, 2.45) is 0 Å². The highest BCUT2D eigenvalue weighted by atomic mass is 32.1. The Bertz CT molecular complexity index is 1400. The number of para-hydroxylation sites is 2. The number of nitrogens with zero attached hydrogens (tertiary/aromatic N) is 3. The van der Waals surface area contributed by atoms with Gasteiger partial charge in [-0.15, -0.1) is 11.3 Å². The summed E-state index contributed by atoms with van der Waals surface area (Å²) in [7, 11) is 0. The van der Waals surface area contributed by atoms with E-state index in [2.05, 4.69) is 4.98 Å². The highest BCUT2D eigenvalue weighted by Gasteiger charge is 2.13. The molecule has 0 aliphatic rings. The van der Waals surface area contributed by atoms with E-state index in [0.29, 0.717) is 16.6 Å². The Morgan fingerprint density at radius 3 is 2.55 bits per heavy atom. The van der Waals surface area contributed by atoms with Crippen molar-refractivity contribution >= 4 is 40.4 Å². The van der Waals surface area contributed by atoms with Crippen LogP contribution in [0.2, 0.25) is 0 Å². The predicted molar refractivity (Wildman–Crippen MR) is 125 cm³/mol. The van der Waals surface area contributed by atoms with Gasteiger partial charge >= 0.3 is 5.97 Å². The number of aromatic carboxylic acids is 1. The number of rotatable bonds is 5. The van der Waals surface area contributed by atoms with Crippen LogP contribution in [0.15, 0.2) is 84.4 Å². The average Bonchev–Trinajstić information content (AvgIpc) is 3.47. The second-order valence-corrected chi connectivity index (χ2v) is 7.89. The summed E-state index contributed by atoms with van der Waals surface area (Å²) >= 11 is 1.63. The van der Waals surface area contributed by atoms with Crippen LogP contribution < -0.4 is 0 Å². The highest BCUT2D eigenvalue weighted by Crippen LogP contribution is 2.29. The summed E-state index contributed by atoms with van der Waals surface area (Å²) in [5, 5.41) is 17.1. The molecule has 0 aliphatic heterocycles. The zero-order valence-electron chi connectivity index (χ0n) is 16.3. The quantitative estimate of drug-likeness (QED) is 0.375. The van der Waals surface area contributed by atoms with Crippen LogP contribution in [0.1, 0.15) is 21.6 Å². The summed E-state index contributed by atoms with van der Waals surface area (Å²) in [6.45, 7) is 0. The molecule has 0 atom stereocenters. The number of hydrogen-bond donors (Lipinski definition) is 1. The van der Waals surface area contributed by atoms with Crippen molar-refractivity contribution in [3.8, 4) is 16.3 Å². The molecule has 31 heavy (non-hydrogen) atoms. The molecule has 2 aromatic carbocycles. The van der Waals surface area contributed by atoms with Crippen molar-refractivity contribution in [1.29, 1.82) is 0 Å². The highest BCUT2D eigenvalue weighted by molar-refractivity contribution is 7.13. The van der Waals surface area contributed by atoms with Crippen molar-refractivity contribution in [2.45, 2.75) is 0 Å². The van der Waals surface area contributed by atoms with E-state index in [-0.39, 0.29) is 5.56 Å². The van der Waals surface area contributed by atoms with Crippen molar-refractivity contribution in [2.75, 3.05) is 0 Å². The smallest absolute Gasteiger partial charge is 0.336 e. The molecule has 3 heterocycles. The van der Waals surface area contributed by atoms with Gasteiger partial charge in [-0.25, -0.2) is 14.5 Å². The molecule has 0 aliphatic carbocycles. The molecule has 3 aromatic heterocycles. The van der Waals surface area contributed by atoms with Crippen molar-refractivity contribution < 1.29 is 9.90 Å². The second kappa shape index (κ2) is 8.01. The molecule has 6 heteroatoms. The zero-order chi connectivity index (χ0) is 21.2. The van der Waals surface area contributed by atoms with Gasteiger partial charge in [-0.05, 0) is 47.9 Å². The number of pyridine rings is 1. The van der Waals surface area contributed by atoms with Gasteiger partial charge in [0.25, 0.3) is 0 Å². The lowest BCUT2D eigenvalue weighted by Gasteiger charge is -2.04. The molecule has 150 valence electrons. The minimum absolute atomic E-state index is 0.240. The maximum absolute atomic E-state index is 11.7. The second-order valence-electron chi connectivity index (χ2n) is 6.94. The molecule has 1 N–H and O–H groups in total. The number of thiophene rings is 1. The number of hydrogen-bond acceptors (Lipinski definition) is 4. The first-order valence-electron chi connectivity index (χ1n) is 9.69. The fraction of sp³-hybridized carbons (Fsp3) is 0. The fourth-order valence-corrected chi connectivity index (χ4v) is 4.19. The van der Waals surface area contributed by atoms with E-state index in [0.717, 1.165) is 21.8 Å². The third-order valence-electron chi connectivity index (χ3n) is 4.92. The van der Waals surface area contributed by atoms with Crippen LogP contribution in [0.5, 0.6) is 0 Å². The van der Waals surface area contributed by atoms with Gasteiger partial charge in [-0.1, -0.05) is 42.5 Å². The molecule has 0 saturated carbocycles. The Morgan fingerprint density at radius 1 is 0.968 bits per heavy atom. The summed E-state index contributed by atoms with van der Waals surface area (Å²) in [5.41, 5.74) is 4.24. The van der Waals surface area contributed by atoms with Crippen LogP contribution in [-0.2, 0) is 0 Å². The molecule has 5 nitrogen and oxygen atoms in total. The van der Waals surface area contributed by atoms with Gasteiger partial charge in [0, 0.05) is 17.1 Å². The van der Waals surface area contributed by atoms with Gasteiger partial charge in [-0.3, -0.25) is 0 Å². The molecule has 5 rings (SSSR count). The van der Waals surface area contributed by atoms with Crippen LogP contribution in [0.25, 0.3) is 39.3 Å². The van der Waals surface area contributed by atoms with Gasteiger partial charge < -0.3 is 5.11 Å². The largest absolute Gasteiger partial charge is 0.478 e. The number of aromatic nitrogens is 3. The number of fused-ring (bicyclic) bond motifs is 1. The van der Waals surface area contributed by atoms with E-state index in [1.54, 1.807) is 23.5 Å². The summed E-state index contributed by atoms with van der Waals surface area (Å²) in [4.78, 5) is 17.4. The van der Waals surface area contributed by atoms with Crippen LogP contribution in [0.3, 0.4) is 0 Å². The summed E-state index contributed by atoms with van der Waals surface area (Å²) < 4.78 is 1.85. The molecule has 0 bridgehead atoms. The number of carboxylic acid groups (broad SMARTS) is 1. The SMILES string of the molecule is O=C(O)c1cc(C=Cc2cn(-c3ccccc3)nc2-c2cccs2)nc2ccccc12. The van der Waals surface area contributed by atoms with Crippen LogP contribution in [-0.4, -0.2) is 25.8 Å². The molecular formula is C25H17N3O2S. The van der Waals surface area contributed by atoms with Crippen LogP contribution in [0.4, 0.5) is 0 Å². The summed E-state index contributed by atoms with van der Waals surface area (Å²) in [5.74, 6) is -0.968. The molecule has 0 amide bonds. The molecule has 0 unspecified atom stereocenters. The number of carboxylic acids is 1. The Kier molecular flexibility index (Phi) is 4.90. The number of carbonyl (C=O) groups is 1. The van der Waals surface area contributed by atoms with Gasteiger partial charge in [0.1, 0.15) is 5.69 Å². The summed E-state index contributed by atoms with van der Waals surface area (Å²) in [6.07, 6.45) is 5.74. The predicted octanol–water partition coefficient (Wildman–Crippen LogP) is 6.02. The minimum Gasteiger partial charge on any atom is -0.478 e. The lowest BCUT2D eigenvalue weighted by Crippen LogP contribution is -2.00. The molecule has 0 saturated heterocycles. The fourth-order valence-electron chi connectivity index (χ4n) is 3.46. The first-order chi connectivity index (χ1) is 15.2. The Balaban J connectivity index is 1.60. The first-order valence-corrected chi connectivity index (χ1v) is 10.6. The van der Waals surface area contributed by atoms with Crippen LogP contribution >= 0.6 is 11.3 Å². The van der Waals surface area contributed by atoms with E-state index in [9.17, 15) is 9.90 Å². The number of benzene rings is 2. The average molecular weight is 423 g/mol. The van der Waals surface area contributed by atoms with Gasteiger partial charge in [0.15, 0.2) is 0 Å². The van der Waals surface area contributed by atoms with E-state index < -0.39 is 5.97 Å². The van der Waals surface area contributed by atoms with Crippen LogP contribution in [0, 0.1) is 0 Å². The normalized spacial score (nSPS) is 11.4. The monoisotopic (exact) mass is 423 g/mol. The van der Waals surface area contributed by atoms with Crippen molar-refractivity contribution in [3.05, 3.63) is 101 Å². The standard InChI is InChI=1S/C25H17N3O2S/c29-25(30)21-15-18(26-22-10-5-4-9-20(21)22)13-12-17-16-28(19-7-2-1-3-8-19)27-24(17)23-11-6-14-31-23/h1-16H,(H,29,30). The van der Waals surface area contributed by atoms with E-state index >= 15 is 0 Å². The Morgan fingerprint density at radius 2 is 1.77 bits per heavy atom. The van der Waals surface area contributed by atoms with E-state index in [1.165, 1.54) is 0 Å². The Labute approximate surface area is 182 Å². The Hall–Kier alpha value is -4.03. The minimum atomic E-state index is -0.968. The lowest BCUT2D eigenvalue weighted by molar-refractivity contribution is 0.0699. The molecule has 0 spiro atoms. The maximum atomic E-state index is 11.7. The van der Waals surface area contributed by atoms with E-state index in [1.807, 2.05) is 89.1 Å². The van der Waals surface area contributed by atoms with Crippen molar-refractivity contribution in [3.63, 3.8) is 0 Å². The first kappa shape index (κ1) is 19.0. The third kappa shape index (κ3) is 3.76. The lowest BCUT2D eigenvalue weighted by atomic mass is 10.1. The van der Waals surface area contributed by atoms with Crippen molar-refractivity contribution in [1.82, 2.24) is 14.8 Å².